The first-order chi connectivity index (χ1) is 9.70. The van der Waals surface area contributed by atoms with Crippen molar-refractivity contribution in [1.29, 1.82) is 5.41 Å². The number of nitrogens with one attached hydrogen (secondary N) is 2. The lowest BCUT2D eigenvalue weighted by Gasteiger charge is -2.17. The maximum Gasteiger partial charge on any atom is 0.326 e. The van der Waals surface area contributed by atoms with E-state index in [0.717, 1.165) is 0 Å². The number of rotatable bonds is 9. The number of hydrazine groups is 1. The molecule has 11 nitrogen and oxygen atoms in total. The maximum absolute atomic E-state index is 11.5. The van der Waals surface area contributed by atoms with Crippen molar-refractivity contribution in [1.82, 2.24) is 10.3 Å². The summed E-state index contributed by atoms with van der Waals surface area (Å²) in [7, 11) is 0. The van der Waals surface area contributed by atoms with Crippen molar-refractivity contribution in [2.45, 2.75) is 24.9 Å². The molecule has 7 N–H and O–H groups in total. The number of hydrogen-bond donors (Lipinski definition) is 6. The molecule has 0 saturated heterocycles. The predicted octanol–water partition coefficient (Wildman–Crippen LogP) is -2.02. The number of thiol groups is 1. The number of carboxylic acid groups (broad SMARTS) is 1. The Bertz CT molecular complexity index is 405. The second kappa shape index (κ2) is 8.97. The number of hydrogen-bond acceptors (Lipinski definition) is 7. The van der Waals surface area contributed by atoms with Crippen molar-refractivity contribution >= 4 is 30.5 Å². The lowest BCUT2D eigenvalue weighted by molar-refractivity contribution is -0.629. The zero-order valence-corrected chi connectivity index (χ0v) is 12.0. The van der Waals surface area contributed by atoms with Gasteiger partial charge in [0.2, 0.25) is 5.91 Å². The Labute approximate surface area is 125 Å². The Morgan fingerprint density at radius 1 is 1.52 bits per heavy atom. The molecule has 0 aliphatic heterocycles. The average molecular weight is 322 g/mol. The third-order valence-corrected chi connectivity index (χ3v) is 2.88. The summed E-state index contributed by atoms with van der Waals surface area (Å²) in [5, 5.41) is 28.2. The van der Waals surface area contributed by atoms with Crippen LogP contribution in [-0.4, -0.2) is 57.4 Å². The van der Waals surface area contributed by atoms with Gasteiger partial charge < -0.3 is 21.9 Å². The van der Waals surface area contributed by atoms with Gasteiger partial charge in [-0.05, 0) is 12.8 Å². The van der Waals surface area contributed by atoms with E-state index in [1.54, 1.807) is 0 Å². The van der Waals surface area contributed by atoms with Gasteiger partial charge >= 0.3 is 5.97 Å². The minimum Gasteiger partial charge on any atom is -0.480 e. The first kappa shape index (κ1) is 18.9. The van der Waals surface area contributed by atoms with Gasteiger partial charge in [0.15, 0.2) is 5.03 Å². The number of nitrogens with zero attached hydrogens (tertiary/aromatic N) is 2. The van der Waals surface area contributed by atoms with Crippen LogP contribution in [0.25, 0.3) is 0 Å². The van der Waals surface area contributed by atoms with Gasteiger partial charge in [0.05, 0.1) is 12.6 Å². The summed E-state index contributed by atoms with van der Waals surface area (Å²) in [4.78, 5) is 33.0. The van der Waals surface area contributed by atoms with E-state index in [2.05, 4.69) is 17.9 Å². The fourth-order valence-corrected chi connectivity index (χ4v) is 1.52. The Kier molecular flexibility index (Phi) is 8.08. The molecule has 0 saturated carbocycles. The molecule has 2 unspecified atom stereocenters. The summed E-state index contributed by atoms with van der Waals surface area (Å²) >= 11 is 3.82. The van der Waals surface area contributed by atoms with Gasteiger partial charge in [-0.1, -0.05) is 5.01 Å². The molecule has 2 atom stereocenters. The smallest absolute Gasteiger partial charge is 0.326 e. The highest BCUT2D eigenvalue weighted by molar-refractivity contribution is 7.80. The van der Waals surface area contributed by atoms with Crippen LogP contribution in [-0.2, 0) is 9.59 Å². The highest BCUT2D eigenvalue weighted by Crippen LogP contribution is 2.02. The molecular formula is C9H18N6O5S. The molecule has 1 amide bonds. The van der Waals surface area contributed by atoms with Crippen molar-refractivity contribution in [3.63, 3.8) is 0 Å². The van der Waals surface area contributed by atoms with Crippen LogP contribution in [0.1, 0.15) is 12.8 Å². The van der Waals surface area contributed by atoms with E-state index in [9.17, 15) is 19.7 Å². The fraction of sp³-hybridized carbons (Fsp3) is 0.667. The molecule has 0 bridgehead atoms. The Hall–Kier alpha value is -2.08. The Balaban J connectivity index is 4.47. The van der Waals surface area contributed by atoms with E-state index >= 15 is 0 Å². The molecule has 12 heteroatoms. The molecule has 0 heterocycles. The summed E-state index contributed by atoms with van der Waals surface area (Å²) in [6.07, 6.45) is -0.0358. The normalized spacial score (nSPS) is 13.0. The molecule has 0 aromatic heterocycles. The number of nitro groups is 1. The number of aliphatic carboxylic acids is 1. The lowest BCUT2D eigenvalue weighted by atomic mass is 10.1. The summed E-state index contributed by atoms with van der Waals surface area (Å²) in [6, 6.07) is -2.17. The second-order valence-electron chi connectivity index (χ2n) is 4.08. The SMILES string of the molecule is N=C(N)N(CCCC(NC(=O)C(N)CS)C(=O)O)[N+](=O)[O-]. The van der Waals surface area contributed by atoms with Crippen molar-refractivity contribution < 1.29 is 19.7 Å². The summed E-state index contributed by atoms with van der Waals surface area (Å²) in [5.74, 6) is -2.66. The topological polar surface area (TPSA) is 189 Å². The second-order valence-corrected chi connectivity index (χ2v) is 4.44. The van der Waals surface area contributed by atoms with Crippen LogP contribution in [0.15, 0.2) is 0 Å². The first-order valence-electron chi connectivity index (χ1n) is 5.86. The standard InChI is InChI=1S/C9H18N6O5S/c10-5(4-21)7(16)13-6(8(17)18)2-1-3-14(9(11)12)15(19)20/h5-6,21H,1-4,10H2,(H3,11,12)(H,13,16)(H,17,18). The molecule has 0 fully saturated rings. The van der Waals surface area contributed by atoms with Crippen molar-refractivity contribution in [2.24, 2.45) is 11.5 Å². The largest absolute Gasteiger partial charge is 0.480 e. The maximum atomic E-state index is 11.5. The molecule has 120 valence electrons. The summed E-state index contributed by atoms with van der Waals surface area (Å²) in [5.41, 5.74) is 10.4. The molecule has 0 spiro atoms. The van der Waals surface area contributed by atoms with E-state index in [0.29, 0.717) is 5.01 Å². The van der Waals surface area contributed by atoms with Crippen LogP contribution in [0.2, 0.25) is 0 Å². The molecular weight excluding hydrogens is 304 g/mol. The van der Waals surface area contributed by atoms with Crippen LogP contribution < -0.4 is 16.8 Å². The number of carbonyl (C=O) groups is 2. The fourth-order valence-electron chi connectivity index (χ4n) is 1.35. The van der Waals surface area contributed by atoms with E-state index in [1.165, 1.54) is 0 Å². The van der Waals surface area contributed by atoms with E-state index in [-0.39, 0.29) is 25.1 Å². The van der Waals surface area contributed by atoms with Crippen molar-refractivity contribution in [3.8, 4) is 0 Å². The molecule has 0 aromatic carbocycles. The van der Waals surface area contributed by atoms with Gasteiger partial charge in [0.1, 0.15) is 6.04 Å². The van der Waals surface area contributed by atoms with Crippen molar-refractivity contribution in [2.75, 3.05) is 12.3 Å². The highest BCUT2D eigenvalue weighted by atomic mass is 32.1. The molecule has 0 aliphatic carbocycles. The number of carboxylic acids is 1. The number of nitrogens with two attached hydrogens (primary N) is 2. The first-order valence-corrected chi connectivity index (χ1v) is 6.49. The number of amides is 1. The van der Waals surface area contributed by atoms with Crippen LogP contribution in [0.3, 0.4) is 0 Å². The quantitative estimate of drug-likeness (QED) is 0.0921. The molecule has 0 aromatic rings. The zero-order valence-electron chi connectivity index (χ0n) is 11.1. The van der Waals surface area contributed by atoms with Gasteiger partial charge in [-0.15, -0.1) is 0 Å². The van der Waals surface area contributed by atoms with Gasteiger partial charge in [0.25, 0.3) is 5.96 Å². The number of carbonyl (C=O) groups excluding carboxylic acids is 1. The summed E-state index contributed by atoms with van der Waals surface area (Å²) in [6.45, 7) is -0.249. The van der Waals surface area contributed by atoms with E-state index < -0.39 is 35.0 Å². The molecule has 0 radical (unpaired) electrons. The van der Waals surface area contributed by atoms with Crippen LogP contribution >= 0.6 is 12.6 Å². The molecule has 21 heavy (non-hydrogen) atoms. The van der Waals surface area contributed by atoms with Gasteiger partial charge in [-0.25, -0.2) is 14.9 Å². The van der Waals surface area contributed by atoms with E-state index in [4.69, 9.17) is 22.0 Å². The van der Waals surface area contributed by atoms with Crippen molar-refractivity contribution in [3.05, 3.63) is 10.1 Å². The lowest BCUT2D eigenvalue weighted by Crippen LogP contribution is -2.49. The van der Waals surface area contributed by atoms with Crippen LogP contribution in [0.5, 0.6) is 0 Å². The van der Waals surface area contributed by atoms with Gasteiger partial charge in [-0.2, -0.15) is 12.6 Å². The van der Waals surface area contributed by atoms with E-state index in [1.807, 2.05) is 0 Å². The zero-order chi connectivity index (χ0) is 16.6. The minimum atomic E-state index is -1.29. The monoisotopic (exact) mass is 322 g/mol. The van der Waals surface area contributed by atoms with Crippen LogP contribution in [0, 0.1) is 15.5 Å². The summed E-state index contributed by atoms with van der Waals surface area (Å²) < 4.78 is 0. The minimum absolute atomic E-state index is 0.0356. The molecule has 0 aliphatic rings. The number of guanidine groups is 1. The predicted molar refractivity (Wildman–Crippen MR) is 76.2 cm³/mol. The van der Waals surface area contributed by atoms with Crippen LogP contribution in [0.4, 0.5) is 0 Å². The molecule has 0 rings (SSSR count). The average Bonchev–Trinajstić information content (AvgIpc) is 2.39. The third kappa shape index (κ3) is 6.76. The third-order valence-electron chi connectivity index (χ3n) is 2.49. The Morgan fingerprint density at radius 3 is 2.48 bits per heavy atom. The highest BCUT2D eigenvalue weighted by Gasteiger charge is 2.24. The van der Waals surface area contributed by atoms with Gasteiger partial charge in [-0.3, -0.25) is 10.2 Å². The Morgan fingerprint density at radius 2 is 2.10 bits per heavy atom. The van der Waals surface area contributed by atoms with Gasteiger partial charge in [0, 0.05) is 5.75 Å².